The van der Waals surface area contributed by atoms with Crippen LogP contribution in [0.15, 0.2) is 22.0 Å². The van der Waals surface area contributed by atoms with Crippen molar-refractivity contribution in [1.82, 2.24) is 15.6 Å². The van der Waals surface area contributed by atoms with Crippen molar-refractivity contribution in [2.24, 2.45) is 0 Å². The van der Waals surface area contributed by atoms with Gasteiger partial charge in [0.2, 0.25) is 0 Å². The molecule has 1 aromatic rings. The number of aromatic nitrogens is 1. The van der Waals surface area contributed by atoms with Gasteiger partial charge in [0.25, 0.3) is 5.91 Å². The highest BCUT2D eigenvalue weighted by molar-refractivity contribution is 7.07. The Morgan fingerprint density at radius 1 is 1.30 bits per heavy atom. The Balaban J connectivity index is 2.40. The van der Waals surface area contributed by atoms with E-state index in [2.05, 4.69) is 15.6 Å². The smallest absolute Gasteiger partial charge is 0.331 e. The molecule has 0 atom stereocenters. The van der Waals surface area contributed by atoms with Crippen molar-refractivity contribution < 1.29 is 19.5 Å². The molecule has 0 aliphatic carbocycles. The van der Waals surface area contributed by atoms with E-state index in [4.69, 9.17) is 5.11 Å². The SMILES string of the molecule is CC(C(=O)O)=C(C)C(=O)NC(=O)NCCc1cscn1. The van der Waals surface area contributed by atoms with E-state index in [1.165, 1.54) is 25.2 Å². The minimum Gasteiger partial charge on any atom is -0.478 e. The molecule has 1 heterocycles. The first-order valence-electron chi connectivity index (χ1n) is 5.78. The molecule has 0 unspecified atom stereocenters. The van der Waals surface area contributed by atoms with Gasteiger partial charge in [-0.3, -0.25) is 10.1 Å². The minimum absolute atomic E-state index is 0.00727. The van der Waals surface area contributed by atoms with E-state index in [0.29, 0.717) is 13.0 Å². The van der Waals surface area contributed by atoms with Crippen molar-refractivity contribution in [3.05, 3.63) is 27.7 Å². The van der Waals surface area contributed by atoms with Crippen LogP contribution in [-0.2, 0) is 16.0 Å². The first kappa shape index (κ1) is 15.8. The second-order valence-corrected chi connectivity index (χ2v) is 4.71. The van der Waals surface area contributed by atoms with Crippen LogP contribution in [0.2, 0.25) is 0 Å². The highest BCUT2D eigenvalue weighted by Crippen LogP contribution is 2.03. The molecular weight excluding hydrogens is 282 g/mol. The van der Waals surface area contributed by atoms with Crippen molar-refractivity contribution in [3.63, 3.8) is 0 Å². The fourth-order valence-electron chi connectivity index (χ4n) is 1.24. The third kappa shape index (κ3) is 4.81. The summed E-state index contributed by atoms with van der Waals surface area (Å²) in [6.45, 7) is 2.99. The maximum Gasteiger partial charge on any atom is 0.331 e. The summed E-state index contributed by atoms with van der Waals surface area (Å²) in [6, 6.07) is -0.664. The number of carboxylic acid groups (broad SMARTS) is 1. The standard InChI is InChI=1S/C12H15N3O4S/c1-7(8(2)11(17)18)10(16)15-12(19)13-4-3-9-5-20-6-14-9/h5-6H,3-4H2,1-2H3,(H,17,18)(H2,13,15,16,19). The lowest BCUT2D eigenvalue weighted by Crippen LogP contribution is -2.41. The molecule has 20 heavy (non-hydrogen) atoms. The van der Waals surface area contributed by atoms with Gasteiger partial charge < -0.3 is 10.4 Å². The lowest BCUT2D eigenvalue weighted by molar-refractivity contribution is -0.133. The van der Waals surface area contributed by atoms with Crippen LogP contribution in [0.4, 0.5) is 4.79 Å². The van der Waals surface area contributed by atoms with Crippen LogP contribution in [0.5, 0.6) is 0 Å². The molecule has 0 aromatic carbocycles. The Bertz CT molecular complexity index is 537. The molecule has 0 radical (unpaired) electrons. The van der Waals surface area contributed by atoms with E-state index >= 15 is 0 Å². The van der Waals surface area contributed by atoms with Gasteiger partial charge in [0, 0.05) is 29.5 Å². The molecule has 108 valence electrons. The molecule has 1 aromatic heterocycles. The average Bonchev–Trinajstić information content (AvgIpc) is 2.89. The van der Waals surface area contributed by atoms with Gasteiger partial charge in [-0.15, -0.1) is 11.3 Å². The van der Waals surface area contributed by atoms with E-state index in [0.717, 1.165) is 5.69 Å². The number of carboxylic acids is 1. The number of amides is 3. The maximum absolute atomic E-state index is 11.6. The summed E-state index contributed by atoms with van der Waals surface area (Å²) in [6.07, 6.45) is 0.564. The largest absolute Gasteiger partial charge is 0.478 e. The van der Waals surface area contributed by atoms with Gasteiger partial charge in [0.15, 0.2) is 0 Å². The van der Waals surface area contributed by atoms with Gasteiger partial charge in [-0.05, 0) is 13.8 Å². The number of hydrogen-bond donors (Lipinski definition) is 3. The topological polar surface area (TPSA) is 108 Å². The van der Waals surface area contributed by atoms with Crippen LogP contribution in [0.25, 0.3) is 0 Å². The molecule has 0 saturated heterocycles. The Hall–Kier alpha value is -2.22. The van der Waals surface area contributed by atoms with Gasteiger partial charge >= 0.3 is 12.0 Å². The number of thiazole rings is 1. The fraction of sp³-hybridized carbons (Fsp3) is 0.333. The molecule has 3 N–H and O–H groups in total. The van der Waals surface area contributed by atoms with Crippen molar-refractivity contribution >= 4 is 29.2 Å². The van der Waals surface area contributed by atoms with E-state index in [1.807, 2.05) is 5.38 Å². The number of aliphatic carboxylic acids is 1. The highest BCUT2D eigenvalue weighted by atomic mass is 32.1. The third-order valence-electron chi connectivity index (χ3n) is 2.60. The van der Waals surface area contributed by atoms with E-state index < -0.39 is 17.9 Å². The summed E-state index contributed by atoms with van der Waals surface area (Å²) in [5, 5.41) is 15.2. The van der Waals surface area contributed by atoms with Crippen molar-refractivity contribution in [1.29, 1.82) is 0 Å². The molecule has 0 aliphatic heterocycles. The first-order valence-corrected chi connectivity index (χ1v) is 6.73. The molecule has 0 bridgehead atoms. The number of urea groups is 1. The van der Waals surface area contributed by atoms with Crippen LogP contribution < -0.4 is 10.6 Å². The van der Waals surface area contributed by atoms with Crippen molar-refractivity contribution in [2.45, 2.75) is 20.3 Å². The Morgan fingerprint density at radius 3 is 2.55 bits per heavy atom. The number of carbonyl (C=O) groups excluding carboxylic acids is 2. The Morgan fingerprint density at radius 2 is 2.00 bits per heavy atom. The molecule has 0 aliphatic rings. The molecule has 0 fully saturated rings. The number of imide groups is 1. The molecule has 3 amide bonds. The molecule has 1 rings (SSSR count). The predicted octanol–water partition coefficient (Wildman–Crippen LogP) is 0.932. The number of hydrogen-bond acceptors (Lipinski definition) is 5. The second-order valence-electron chi connectivity index (χ2n) is 3.99. The average molecular weight is 297 g/mol. The quantitative estimate of drug-likeness (QED) is 0.701. The van der Waals surface area contributed by atoms with Crippen LogP contribution in [0.1, 0.15) is 19.5 Å². The zero-order valence-electron chi connectivity index (χ0n) is 11.1. The molecule has 7 nitrogen and oxygen atoms in total. The zero-order chi connectivity index (χ0) is 15.1. The van der Waals surface area contributed by atoms with E-state index in [1.54, 1.807) is 5.51 Å². The highest BCUT2D eigenvalue weighted by Gasteiger charge is 2.14. The summed E-state index contributed by atoms with van der Waals surface area (Å²) in [5.41, 5.74) is 2.45. The lowest BCUT2D eigenvalue weighted by atomic mass is 10.1. The van der Waals surface area contributed by atoms with Gasteiger partial charge in [0.1, 0.15) is 0 Å². The third-order valence-corrected chi connectivity index (χ3v) is 3.24. The number of carbonyl (C=O) groups is 3. The summed E-state index contributed by atoms with van der Waals surface area (Å²) in [4.78, 5) is 37.8. The predicted molar refractivity (Wildman–Crippen MR) is 73.4 cm³/mol. The van der Waals surface area contributed by atoms with E-state index in [9.17, 15) is 14.4 Å². The summed E-state index contributed by atoms with van der Waals surface area (Å²) < 4.78 is 0. The summed E-state index contributed by atoms with van der Waals surface area (Å²) in [5.74, 6) is -1.92. The monoisotopic (exact) mass is 297 g/mol. The second kappa shape index (κ2) is 7.39. The molecule has 0 spiro atoms. The van der Waals surface area contributed by atoms with Crippen molar-refractivity contribution in [3.8, 4) is 0 Å². The lowest BCUT2D eigenvalue weighted by Gasteiger charge is -2.07. The first-order chi connectivity index (χ1) is 9.41. The fourth-order valence-corrected chi connectivity index (χ4v) is 1.83. The van der Waals surface area contributed by atoms with E-state index in [-0.39, 0.29) is 11.1 Å². The normalized spacial score (nSPS) is 11.5. The molecular formula is C12H15N3O4S. The van der Waals surface area contributed by atoms with Crippen LogP contribution in [0, 0.1) is 0 Å². The maximum atomic E-state index is 11.6. The van der Waals surface area contributed by atoms with Crippen LogP contribution in [-0.4, -0.2) is 34.5 Å². The summed E-state index contributed by atoms with van der Waals surface area (Å²) in [7, 11) is 0. The zero-order valence-corrected chi connectivity index (χ0v) is 11.9. The number of nitrogens with one attached hydrogen (secondary N) is 2. The van der Waals surface area contributed by atoms with Crippen LogP contribution in [0.3, 0.4) is 0 Å². The number of nitrogens with zero attached hydrogens (tertiary/aromatic N) is 1. The summed E-state index contributed by atoms with van der Waals surface area (Å²) >= 11 is 1.46. The van der Waals surface area contributed by atoms with Crippen molar-refractivity contribution in [2.75, 3.05) is 6.54 Å². The van der Waals surface area contributed by atoms with Gasteiger partial charge in [-0.2, -0.15) is 0 Å². The minimum atomic E-state index is -1.19. The number of rotatable bonds is 5. The van der Waals surface area contributed by atoms with Gasteiger partial charge in [-0.1, -0.05) is 0 Å². The Kier molecular flexibility index (Phi) is 5.85. The Labute approximate surface area is 119 Å². The van der Waals surface area contributed by atoms with Gasteiger partial charge in [0.05, 0.1) is 11.2 Å². The molecule has 0 saturated carbocycles. The molecule has 8 heteroatoms. The van der Waals surface area contributed by atoms with Crippen LogP contribution >= 0.6 is 11.3 Å². The van der Waals surface area contributed by atoms with Gasteiger partial charge in [-0.25, -0.2) is 14.6 Å².